The second-order valence-corrected chi connectivity index (χ2v) is 7.75. The van der Waals surface area contributed by atoms with E-state index in [1.54, 1.807) is 0 Å². The van der Waals surface area contributed by atoms with Crippen molar-refractivity contribution >= 4 is 44.3 Å². The Labute approximate surface area is 148 Å². The largest absolute Gasteiger partial charge is 0.369 e. The van der Waals surface area contributed by atoms with Crippen molar-refractivity contribution in [2.75, 3.05) is 11.9 Å². The Morgan fingerprint density at radius 2 is 1.86 bits per heavy atom. The average Bonchev–Trinajstić information content (AvgIpc) is 2.41. The Balaban J connectivity index is 2.68. The first kappa shape index (κ1) is 16.7. The number of rotatable bonds is 3. The predicted octanol–water partition coefficient (Wildman–Crippen LogP) is 5.24. The van der Waals surface area contributed by atoms with Gasteiger partial charge in [0.25, 0.3) is 0 Å². The highest BCUT2D eigenvalue weighted by atomic mass is 127. The summed E-state index contributed by atoms with van der Waals surface area (Å²) in [7, 11) is 0. The fraction of sp³-hybridized carbons (Fsp3) is 0.375. The minimum Gasteiger partial charge on any atom is -0.369 e. The van der Waals surface area contributed by atoms with Crippen molar-refractivity contribution in [3.05, 3.63) is 38.0 Å². The van der Waals surface area contributed by atoms with E-state index in [-0.39, 0.29) is 5.41 Å². The van der Waals surface area contributed by atoms with E-state index < -0.39 is 0 Å². The third-order valence-electron chi connectivity index (χ3n) is 3.02. The monoisotopic (exact) mass is 459 g/mol. The Hall–Kier alpha value is -0.690. The average molecular weight is 460 g/mol. The first-order valence-corrected chi connectivity index (χ1v) is 8.78. The summed E-state index contributed by atoms with van der Waals surface area (Å²) in [5, 5.41) is 3.34. The van der Waals surface area contributed by atoms with Gasteiger partial charge in [-0.05, 0) is 35.6 Å². The predicted molar refractivity (Wildman–Crippen MR) is 101 cm³/mol. The van der Waals surface area contributed by atoms with Crippen molar-refractivity contribution in [2.45, 2.75) is 33.1 Å². The SMILES string of the molecule is CCNc1nc(-c2ccccc2Br)nc(C(C)(C)C)c1I. The number of aromatic nitrogens is 2. The zero-order valence-corrected chi connectivity index (χ0v) is 16.4. The third-order valence-corrected chi connectivity index (χ3v) is 4.73. The van der Waals surface area contributed by atoms with E-state index in [1.807, 2.05) is 24.3 Å². The maximum atomic E-state index is 4.83. The summed E-state index contributed by atoms with van der Waals surface area (Å²) in [5.74, 6) is 1.66. The number of nitrogens with zero attached hydrogens (tertiary/aromatic N) is 2. The van der Waals surface area contributed by atoms with Crippen LogP contribution in [-0.4, -0.2) is 16.5 Å². The molecule has 0 bridgehead atoms. The maximum absolute atomic E-state index is 4.83. The van der Waals surface area contributed by atoms with E-state index in [2.05, 4.69) is 71.5 Å². The zero-order chi connectivity index (χ0) is 15.6. The molecule has 0 fully saturated rings. The van der Waals surface area contributed by atoms with Gasteiger partial charge in [0.1, 0.15) is 5.82 Å². The van der Waals surface area contributed by atoms with Gasteiger partial charge in [0.05, 0.1) is 9.26 Å². The van der Waals surface area contributed by atoms with Crippen molar-refractivity contribution in [3.8, 4) is 11.4 Å². The van der Waals surface area contributed by atoms with Crippen molar-refractivity contribution in [3.63, 3.8) is 0 Å². The van der Waals surface area contributed by atoms with Gasteiger partial charge in [-0.25, -0.2) is 9.97 Å². The molecular formula is C16H19BrIN3. The number of hydrogen-bond donors (Lipinski definition) is 1. The van der Waals surface area contributed by atoms with Gasteiger partial charge in [0.2, 0.25) is 0 Å². The van der Waals surface area contributed by atoms with Gasteiger partial charge in [-0.2, -0.15) is 0 Å². The highest BCUT2D eigenvalue weighted by molar-refractivity contribution is 14.1. The summed E-state index contributed by atoms with van der Waals surface area (Å²) in [6.07, 6.45) is 0. The fourth-order valence-electron chi connectivity index (χ4n) is 1.99. The maximum Gasteiger partial charge on any atom is 0.162 e. The number of halogens is 2. The molecule has 0 atom stereocenters. The molecule has 0 unspecified atom stereocenters. The Bertz CT molecular complexity index is 650. The lowest BCUT2D eigenvalue weighted by Crippen LogP contribution is -2.19. The van der Waals surface area contributed by atoms with Crippen LogP contribution in [0.15, 0.2) is 28.7 Å². The molecule has 1 N–H and O–H groups in total. The summed E-state index contributed by atoms with van der Waals surface area (Å²) in [4.78, 5) is 9.54. The molecule has 1 heterocycles. The van der Waals surface area contributed by atoms with Crippen LogP contribution in [-0.2, 0) is 5.41 Å². The number of benzene rings is 1. The van der Waals surface area contributed by atoms with Crippen LogP contribution in [0.3, 0.4) is 0 Å². The molecule has 0 aliphatic heterocycles. The molecule has 0 aliphatic carbocycles. The minimum absolute atomic E-state index is 0.0281. The highest BCUT2D eigenvalue weighted by Gasteiger charge is 2.23. The lowest BCUT2D eigenvalue weighted by atomic mass is 9.91. The molecular weight excluding hydrogens is 441 g/mol. The minimum atomic E-state index is -0.0281. The van der Waals surface area contributed by atoms with Crippen LogP contribution in [0.5, 0.6) is 0 Å². The molecule has 112 valence electrons. The van der Waals surface area contributed by atoms with E-state index in [0.717, 1.165) is 37.5 Å². The number of nitrogens with one attached hydrogen (secondary N) is 1. The first-order valence-electron chi connectivity index (χ1n) is 6.91. The quantitative estimate of drug-likeness (QED) is 0.637. The summed E-state index contributed by atoms with van der Waals surface area (Å²) in [5.41, 5.74) is 2.05. The van der Waals surface area contributed by atoms with Gasteiger partial charge >= 0.3 is 0 Å². The second-order valence-electron chi connectivity index (χ2n) is 5.82. The fourth-order valence-corrected chi connectivity index (χ4v) is 3.69. The molecule has 0 radical (unpaired) electrons. The van der Waals surface area contributed by atoms with Crippen LogP contribution in [0, 0.1) is 3.57 Å². The molecule has 0 saturated carbocycles. The van der Waals surface area contributed by atoms with E-state index in [1.165, 1.54) is 0 Å². The highest BCUT2D eigenvalue weighted by Crippen LogP contribution is 2.33. The molecule has 1 aromatic heterocycles. The van der Waals surface area contributed by atoms with Crippen molar-refractivity contribution < 1.29 is 0 Å². The Kier molecular flexibility index (Phi) is 5.24. The number of hydrogen-bond acceptors (Lipinski definition) is 3. The van der Waals surface area contributed by atoms with E-state index in [0.29, 0.717) is 0 Å². The van der Waals surface area contributed by atoms with Crippen molar-refractivity contribution in [1.82, 2.24) is 9.97 Å². The molecule has 2 rings (SSSR count). The molecule has 0 aliphatic rings. The van der Waals surface area contributed by atoms with Crippen LogP contribution in [0.25, 0.3) is 11.4 Å². The second kappa shape index (κ2) is 6.60. The number of anilines is 1. The van der Waals surface area contributed by atoms with Gasteiger partial charge in [-0.1, -0.05) is 54.9 Å². The topological polar surface area (TPSA) is 37.8 Å². The summed E-state index contributed by atoms with van der Waals surface area (Å²) < 4.78 is 2.10. The molecule has 21 heavy (non-hydrogen) atoms. The van der Waals surface area contributed by atoms with E-state index in [4.69, 9.17) is 9.97 Å². The lowest BCUT2D eigenvalue weighted by Gasteiger charge is -2.22. The van der Waals surface area contributed by atoms with E-state index in [9.17, 15) is 0 Å². The summed E-state index contributed by atoms with van der Waals surface area (Å²) >= 11 is 5.92. The molecule has 5 heteroatoms. The molecule has 0 amide bonds. The van der Waals surface area contributed by atoms with Crippen LogP contribution in [0.1, 0.15) is 33.4 Å². The van der Waals surface area contributed by atoms with Gasteiger partial charge in [-0.3, -0.25) is 0 Å². The summed E-state index contributed by atoms with van der Waals surface area (Å²) in [6, 6.07) is 8.05. The smallest absolute Gasteiger partial charge is 0.162 e. The molecule has 0 saturated heterocycles. The standard InChI is InChI=1S/C16H19BrIN3/c1-5-19-15-12(18)13(16(2,3)4)20-14(21-15)10-8-6-7-9-11(10)17/h6-9H,5H2,1-4H3,(H,19,20,21). The molecule has 3 nitrogen and oxygen atoms in total. The van der Waals surface area contributed by atoms with Crippen molar-refractivity contribution in [2.24, 2.45) is 0 Å². The van der Waals surface area contributed by atoms with Gasteiger partial charge in [0.15, 0.2) is 5.82 Å². The van der Waals surface area contributed by atoms with Gasteiger partial charge < -0.3 is 5.32 Å². The first-order chi connectivity index (χ1) is 9.84. The molecule has 0 spiro atoms. The lowest BCUT2D eigenvalue weighted by molar-refractivity contribution is 0.564. The molecule has 2 aromatic rings. The van der Waals surface area contributed by atoms with Crippen LogP contribution >= 0.6 is 38.5 Å². The van der Waals surface area contributed by atoms with Crippen LogP contribution in [0.2, 0.25) is 0 Å². The Morgan fingerprint density at radius 1 is 1.19 bits per heavy atom. The van der Waals surface area contributed by atoms with Gasteiger partial charge in [-0.15, -0.1) is 0 Å². The van der Waals surface area contributed by atoms with Gasteiger partial charge in [0, 0.05) is 22.0 Å². The van der Waals surface area contributed by atoms with Crippen LogP contribution in [0.4, 0.5) is 5.82 Å². The van der Waals surface area contributed by atoms with E-state index >= 15 is 0 Å². The zero-order valence-electron chi connectivity index (χ0n) is 12.7. The summed E-state index contributed by atoms with van der Waals surface area (Å²) in [6.45, 7) is 9.45. The van der Waals surface area contributed by atoms with Crippen molar-refractivity contribution in [1.29, 1.82) is 0 Å². The van der Waals surface area contributed by atoms with Crippen LogP contribution < -0.4 is 5.32 Å². The Morgan fingerprint density at radius 3 is 2.43 bits per heavy atom. The third kappa shape index (κ3) is 3.74. The molecule has 1 aromatic carbocycles. The normalized spacial score (nSPS) is 11.5.